The summed E-state index contributed by atoms with van der Waals surface area (Å²) in [5.74, 6) is -0.275. The van der Waals surface area contributed by atoms with Crippen LogP contribution in [-0.4, -0.2) is 4.98 Å². The smallest absolute Gasteiger partial charge is 0.123 e. The molecule has 2 aromatic rings. The molecule has 0 amide bonds. The summed E-state index contributed by atoms with van der Waals surface area (Å²) < 4.78 is 14.1. The molecule has 2 rings (SSSR count). The number of pyridine rings is 1. The quantitative estimate of drug-likeness (QED) is 0.930. The number of hydrogen-bond acceptors (Lipinski definition) is 2. The highest BCUT2D eigenvalue weighted by Crippen LogP contribution is 2.25. The van der Waals surface area contributed by atoms with Gasteiger partial charge < -0.3 is 5.73 Å². The highest BCUT2D eigenvalue weighted by atomic mass is 79.9. The lowest BCUT2D eigenvalue weighted by Crippen LogP contribution is -2.15. The number of hydrogen-bond donors (Lipinski definition) is 1. The lowest BCUT2D eigenvalue weighted by atomic mass is 10.0. The topological polar surface area (TPSA) is 38.9 Å². The van der Waals surface area contributed by atoms with Crippen LogP contribution in [0.25, 0.3) is 0 Å². The molecule has 1 heterocycles. The molecule has 2 N–H and O–H groups in total. The SMILES string of the molecule is CCc1ccc(CC(N)c2cc(F)ccc2Br)nc1. The third-order valence-electron chi connectivity index (χ3n) is 3.08. The molecule has 0 aliphatic rings. The number of aryl methyl sites for hydroxylation is 1. The van der Waals surface area contributed by atoms with Gasteiger partial charge in [0.25, 0.3) is 0 Å². The minimum Gasteiger partial charge on any atom is -0.324 e. The van der Waals surface area contributed by atoms with Gasteiger partial charge in [0.15, 0.2) is 0 Å². The number of nitrogens with two attached hydrogens (primary N) is 1. The number of nitrogens with zero attached hydrogens (tertiary/aromatic N) is 1. The standard InChI is InChI=1S/C15H16BrFN2/c1-2-10-3-5-12(19-9-10)8-15(18)13-7-11(17)4-6-14(13)16/h3-7,9,15H,2,8,18H2,1H3. The molecule has 1 aromatic heterocycles. The minimum atomic E-state index is -0.275. The van der Waals surface area contributed by atoms with Gasteiger partial charge in [0.05, 0.1) is 0 Å². The molecule has 0 spiro atoms. The zero-order valence-electron chi connectivity index (χ0n) is 10.7. The zero-order valence-corrected chi connectivity index (χ0v) is 12.3. The maximum absolute atomic E-state index is 13.3. The maximum atomic E-state index is 13.3. The van der Waals surface area contributed by atoms with Crippen LogP contribution >= 0.6 is 15.9 Å². The van der Waals surface area contributed by atoms with E-state index in [4.69, 9.17) is 5.73 Å². The molecular formula is C15H16BrFN2. The second-order valence-corrected chi connectivity index (χ2v) is 5.34. The molecule has 0 bridgehead atoms. The Bertz CT molecular complexity index is 555. The van der Waals surface area contributed by atoms with Crippen LogP contribution in [-0.2, 0) is 12.8 Å². The second kappa shape index (κ2) is 6.26. The zero-order chi connectivity index (χ0) is 13.8. The van der Waals surface area contributed by atoms with Crippen molar-refractivity contribution in [2.24, 2.45) is 5.73 Å². The number of benzene rings is 1. The Morgan fingerprint density at radius 2 is 2.11 bits per heavy atom. The number of rotatable bonds is 4. The van der Waals surface area contributed by atoms with Crippen molar-refractivity contribution in [3.05, 3.63) is 63.6 Å². The van der Waals surface area contributed by atoms with Crippen LogP contribution in [0.2, 0.25) is 0 Å². The summed E-state index contributed by atoms with van der Waals surface area (Å²) in [5, 5.41) is 0. The van der Waals surface area contributed by atoms with Crippen molar-refractivity contribution in [3.8, 4) is 0 Å². The third-order valence-corrected chi connectivity index (χ3v) is 3.80. The molecule has 100 valence electrons. The van der Waals surface area contributed by atoms with Crippen molar-refractivity contribution in [1.29, 1.82) is 0 Å². The van der Waals surface area contributed by atoms with Gasteiger partial charge in [-0.1, -0.05) is 28.9 Å². The van der Waals surface area contributed by atoms with Gasteiger partial charge >= 0.3 is 0 Å². The third kappa shape index (κ3) is 3.61. The van der Waals surface area contributed by atoms with E-state index in [1.807, 2.05) is 12.3 Å². The summed E-state index contributed by atoms with van der Waals surface area (Å²) in [6.07, 6.45) is 3.42. The van der Waals surface area contributed by atoms with Crippen molar-refractivity contribution in [2.45, 2.75) is 25.8 Å². The Balaban J connectivity index is 2.15. The highest BCUT2D eigenvalue weighted by Gasteiger charge is 2.12. The van der Waals surface area contributed by atoms with E-state index in [2.05, 4.69) is 33.9 Å². The van der Waals surface area contributed by atoms with Crippen LogP contribution in [0.1, 0.15) is 29.8 Å². The van der Waals surface area contributed by atoms with E-state index >= 15 is 0 Å². The fourth-order valence-corrected chi connectivity index (χ4v) is 2.46. The molecule has 0 fully saturated rings. The first-order valence-corrected chi connectivity index (χ1v) is 7.03. The van der Waals surface area contributed by atoms with Crippen molar-refractivity contribution in [3.63, 3.8) is 0 Å². The van der Waals surface area contributed by atoms with Crippen molar-refractivity contribution < 1.29 is 4.39 Å². The fourth-order valence-electron chi connectivity index (χ4n) is 1.92. The number of halogens is 2. The molecule has 1 aromatic carbocycles. The van der Waals surface area contributed by atoms with E-state index in [0.29, 0.717) is 6.42 Å². The first-order chi connectivity index (χ1) is 9.10. The molecule has 1 unspecified atom stereocenters. The summed E-state index contributed by atoms with van der Waals surface area (Å²) in [5.41, 5.74) is 9.01. The predicted octanol–water partition coefficient (Wildman–Crippen LogP) is 3.79. The average Bonchev–Trinajstić information content (AvgIpc) is 2.42. The largest absolute Gasteiger partial charge is 0.324 e. The van der Waals surface area contributed by atoms with Crippen LogP contribution in [0.5, 0.6) is 0 Å². The summed E-state index contributed by atoms with van der Waals surface area (Å²) in [7, 11) is 0. The molecule has 0 radical (unpaired) electrons. The van der Waals surface area contributed by atoms with E-state index in [9.17, 15) is 4.39 Å². The van der Waals surface area contributed by atoms with Crippen molar-refractivity contribution in [1.82, 2.24) is 4.98 Å². The molecule has 0 saturated heterocycles. The normalized spacial score (nSPS) is 12.4. The first kappa shape index (κ1) is 14.2. The molecule has 0 aliphatic carbocycles. The predicted molar refractivity (Wildman–Crippen MR) is 78.3 cm³/mol. The van der Waals surface area contributed by atoms with Crippen LogP contribution in [0.3, 0.4) is 0 Å². The average molecular weight is 323 g/mol. The minimum absolute atomic E-state index is 0.273. The van der Waals surface area contributed by atoms with E-state index in [0.717, 1.165) is 22.2 Å². The van der Waals surface area contributed by atoms with Gasteiger partial charge in [-0.25, -0.2) is 4.39 Å². The summed E-state index contributed by atoms with van der Waals surface area (Å²) >= 11 is 3.40. The first-order valence-electron chi connectivity index (χ1n) is 6.24. The van der Waals surface area contributed by atoms with Gasteiger partial charge in [0, 0.05) is 28.8 Å². The van der Waals surface area contributed by atoms with E-state index in [1.165, 1.54) is 17.7 Å². The Kier molecular flexibility index (Phi) is 4.66. The second-order valence-electron chi connectivity index (χ2n) is 4.49. The highest BCUT2D eigenvalue weighted by molar-refractivity contribution is 9.10. The van der Waals surface area contributed by atoms with Crippen molar-refractivity contribution in [2.75, 3.05) is 0 Å². The Morgan fingerprint density at radius 1 is 1.32 bits per heavy atom. The van der Waals surface area contributed by atoms with Crippen molar-refractivity contribution >= 4 is 15.9 Å². The Labute approximate surface area is 121 Å². The van der Waals surface area contributed by atoms with Crippen LogP contribution < -0.4 is 5.73 Å². The van der Waals surface area contributed by atoms with E-state index < -0.39 is 0 Å². The molecular weight excluding hydrogens is 307 g/mol. The van der Waals surface area contributed by atoms with Gasteiger partial charge in [0.2, 0.25) is 0 Å². The molecule has 1 atom stereocenters. The molecule has 4 heteroatoms. The Morgan fingerprint density at radius 3 is 2.74 bits per heavy atom. The lowest BCUT2D eigenvalue weighted by Gasteiger charge is -2.14. The molecule has 2 nitrogen and oxygen atoms in total. The monoisotopic (exact) mass is 322 g/mol. The molecule has 19 heavy (non-hydrogen) atoms. The van der Waals surface area contributed by atoms with Gasteiger partial charge in [-0.05, 0) is 41.8 Å². The van der Waals surface area contributed by atoms with Gasteiger partial charge in [-0.3, -0.25) is 4.98 Å². The van der Waals surface area contributed by atoms with Crippen LogP contribution in [0.15, 0.2) is 41.0 Å². The summed E-state index contributed by atoms with van der Waals surface area (Å²) in [4.78, 5) is 4.38. The number of aromatic nitrogens is 1. The van der Waals surface area contributed by atoms with E-state index in [1.54, 1.807) is 6.07 Å². The van der Waals surface area contributed by atoms with Crippen LogP contribution in [0, 0.1) is 5.82 Å². The van der Waals surface area contributed by atoms with Crippen LogP contribution in [0.4, 0.5) is 4.39 Å². The molecule has 0 saturated carbocycles. The fraction of sp³-hybridized carbons (Fsp3) is 0.267. The van der Waals surface area contributed by atoms with Gasteiger partial charge in [0.1, 0.15) is 5.82 Å². The Hall–Kier alpha value is -1.26. The van der Waals surface area contributed by atoms with Gasteiger partial charge in [-0.15, -0.1) is 0 Å². The van der Waals surface area contributed by atoms with Gasteiger partial charge in [-0.2, -0.15) is 0 Å². The lowest BCUT2D eigenvalue weighted by molar-refractivity contribution is 0.616. The summed E-state index contributed by atoms with van der Waals surface area (Å²) in [6, 6.07) is 8.31. The van der Waals surface area contributed by atoms with E-state index in [-0.39, 0.29) is 11.9 Å². The summed E-state index contributed by atoms with van der Waals surface area (Å²) in [6.45, 7) is 2.09. The molecule has 0 aliphatic heterocycles. The maximum Gasteiger partial charge on any atom is 0.123 e.